The maximum absolute atomic E-state index is 12.8. The number of fused-ring (bicyclic) bond motifs is 1. The first kappa shape index (κ1) is 22.0. The minimum Gasteiger partial charge on any atom is -0.330 e. The highest BCUT2D eigenvalue weighted by molar-refractivity contribution is 8.00. The van der Waals surface area contributed by atoms with Gasteiger partial charge in [-0.05, 0) is 36.1 Å². The van der Waals surface area contributed by atoms with E-state index in [-0.39, 0.29) is 12.1 Å². The molecule has 0 radical (unpaired) electrons. The van der Waals surface area contributed by atoms with E-state index in [1.54, 1.807) is 12.1 Å². The average Bonchev–Trinajstić information content (AvgIpc) is 3.27. The minimum atomic E-state index is -0.198. The monoisotopic (exact) mass is 462 g/mol. The number of hydrogen-bond donors (Lipinski definition) is 1. The van der Waals surface area contributed by atoms with Crippen LogP contribution in [-0.2, 0) is 25.1 Å². The fourth-order valence-corrected chi connectivity index (χ4v) is 5.22. The average molecular weight is 463 g/mol. The lowest BCUT2D eigenvalue weighted by molar-refractivity contribution is 0.730. The summed E-state index contributed by atoms with van der Waals surface area (Å²) in [5.41, 5.74) is 4.02. The molecule has 162 valence electrons. The van der Waals surface area contributed by atoms with Crippen molar-refractivity contribution in [2.45, 2.75) is 43.3 Å². The maximum atomic E-state index is 12.8. The predicted octanol–water partition coefficient (Wildman–Crippen LogP) is 4.93. The smallest absolute Gasteiger partial charge is 0.262 e. The van der Waals surface area contributed by atoms with Gasteiger partial charge in [0.05, 0.1) is 22.7 Å². The molecule has 0 saturated heterocycles. The van der Waals surface area contributed by atoms with Gasteiger partial charge in [-0.3, -0.25) is 9.36 Å². The summed E-state index contributed by atoms with van der Waals surface area (Å²) in [5.74, 6) is 0.969. The number of aromatic nitrogens is 4. The van der Waals surface area contributed by atoms with Crippen LogP contribution in [0, 0.1) is 11.3 Å². The third kappa shape index (κ3) is 4.52. The van der Waals surface area contributed by atoms with Crippen molar-refractivity contribution >= 4 is 44.8 Å². The predicted molar refractivity (Wildman–Crippen MR) is 130 cm³/mol. The number of thioether (sulfide) groups is 1. The summed E-state index contributed by atoms with van der Waals surface area (Å²) in [5, 5.41) is 22.4. The molecule has 2 aromatic heterocycles. The molecule has 0 fully saturated rings. The van der Waals surface area contributed by atoms with Crippen molar-refractivity contribution in [3.63, 3.8) is 0 Å². The molecule has 0 atom stereocenters. The second-order valence-corrected chi connectivity index (χ2v) is 9.24. The molecular formula is C23H22N6OS2. The van der Waals surface area contributed by atoms with E-state index in [0.717, 1.165) is 28.0 Å². The number of nitrogens with one attached hydrogen (secondary N) is 1. The second-order valence-electron chi connectivity index (χ2n) is 7.04. The quantitative estimate of drug-likeness (QED) is 0.371. The van der Waals surface area contributed by atoms with Gasteiger partial charge in [0.1, 0.15) is 12.4 Å². The third-order valence-corrected chi connectivity index (χ3v) is 7.10. The van der Waals surface area contributed by atoms with Gasteiger partial charge >= 0.3 is 0 Å². The molecule has 0 amide bonds. The van der Waals surface area contributed by atoms with Gasteiger partial charge in [0.25, 0.3) is 5.56 Å². The van der Waals surface area contributed by atoms with Crippen LogP contribution in [0.4, 0.5) is 10.8 Å². The summed E-state index contributed by atoms with van der Waals surface area (Å²) in [6.07, 6.45) is 1.86. The van der Waals surface area contributed by atoms with E-state index in [1.165, 1.54) is 38.8 Å². The summed E-state index contributed by atoms with van der Waals surface area (Å²) in [6, 6.07) is 15.6. The molecule has 0 aliphatic carbocycles. The van der Waals surface area contributed by atoms with Crippen molar-refractivity contribution in [1.82, 2.24) is 19.7 Å². The van der Waals surface area contributed by atoms with Gasteiger partial charge < -0.3 is 5.32 Å². The van der Waals surface area contributed by atoms with Crippen LogP contribution in [0.5, 0.6) is 0 Å². The first-order valence-corrected chi connectivity index (χ1v) is 12.1. The molecule has 4 rings (SSSR count). The molecule has 7 nitrogen and oxygen atoms in total. The molecule has 0 spiro atoms. The number of nitrogens with zero attached hydrogens (tertiary/aromatic N) is 5. The van der Waals surface area contributed by atoms with E-state index < -0.39 is 0 Å². The highest BCUT2D eigenvalue weighted by Crippen LogP contribution is 2.32. The fourth-order valence-electron chi connectivity index (χ4n) is 3.51. The molecule has 9 heteroatoms. The highest BCUT2D eigenvalue weighted by Gasteiger charge is 2.14. The van der Waals surface area contributed by atoms with Gasteiger partial charge in [-0.15, -0.1) is 10.2 Å². The van der Waals surface area contributed by atoms with E-state index in [0.29, 0.717) is 22.5 Å². The summed E-state index contributed by atoms with van der Waals surface area (Å²) in [4.78, 5) is 17.4. The minimum absolute atomic E-state index is 0.0386. The summed E-state index contributed by atoms with van der Waals surface area (Å²) < 4.78 is 2.20. The zero-order chi connectivity index (χ0) is 22.5. The van der Waals surface area contributed by atoms with Crippen molar-refractivity contribution in [2.75, 3.05) is 5.32 Å². The largest absolute Gasteiger partial charge is 0.330 e. The van der Waals surface area contributed by atoms with Crippen LogP contribution in [0.2, 0.25) is 0 Å². The number of nitriles is 1. The highest BCUT2D eigenvalue weighted by atomic mass is 32.2. The van der Waals surface area contributed by atoms with Crippen molar-refractivity contribution in [3.05, 3.63) is 69.8 Å². The second kappa shape index (κ2) is 9.94. The number of anilines is 2. The molecule has 0 unspecified atom stereocenters. The Balaban J connectivity index is 1.56. The Morgan fingerprint density at radius 3 is 2.56 bits per heavy atom. The first-order chi connectivity index (χ1) is 15.6. The van der Waals surface area contributed by atoms with Gasteiger partial charge in [-0.25, -0.2) is 4.98 Å². The van der Waals surface area contributed by atoms with E-state index in [2.05, 4.69) is 58.6 Å². The van der Waals surface area contributed by atoms with E-state index in [9.17, 15) is 10.1 Å². The van der Waals surface area contributed by atoms with E-state index in [4.69, 9.17) is 0 Å². The topological polar surface area (TPSA) is 96.5 Å². The zero-order valence-corrected chi connectivity index (χ0v) is 19.5. The van der Waals surface area contributed by atoms with Crippen molar-refractivity contribution in [3.8, 4) is 6.07 Å². The number of rotatable bonds is 8. The Labute approximate surface area is 194 Å². The number of para-hydroxylation sites is 2. The molecule has 0 aliphatic rings. The van der Waals surface area contributed by atoms with Crippen LogP contribution in [0.3, 0.4) is 0 Å². The van der Waals surface area contributed by atoms with Crippen molar-refractivity contribution in [1.29, 1.82) is 5.26 Å². The molecule has 0 aliphatic heterocycles. The Kier molecular flexibility index (Phi) is 6.83. The lowest BCUT2D eigenvalue weighted by Crippen LogP contribution is -2.24. The fraction of sp³-hybridized carbons (Fsp3) is 0.261. The standard InChI is InChI=1S/C23H22N6OS2/c1-3-15-8-7-9-16(4-2)20(15)26-22-27-28-23(32-22)31-14-19-25-18-11-6-5-10-17(18)21(30)29(19)13-12-24/h5-11H,3-4,13-14H2,1-2H3,(H,26,27). The maximum Gasteiger partial charge on any atom is 0.262 e. The van der Waals surface area contributed by atoms with Gasteiger partial charge in [-0.1, -0.05) is 67.3 Å². The summed E-state index contributed by atoms with van der Waals surface area (Å²) in [7, 11) is 0. The lowest BCUT2D eigenvalue weighted by atomic mass is 10.0. The number of benzene rings is 2. The number of hydrogen-bond acceptors (Lipinski definition) is 8. The number of aryl methyl sites for hydroxylation is 2. The first-order valence-electron chi connectivity index (χ1n) is 10.3. The van der Waals surface area contributed by atoms with Crippen LogP contribution >= 0.6 is 23.1 Å². The Bertz CT molecular complexity index is 1330. The molecule has 32 heavy (non-hydrogen) atoms. The van der Waals surface area contributed by atoms with Crippen LogP contribution in [0.25, 0.3) is 10.9 Å². The van der Waals surface area contributed by atoms with Crippen LogP contribution in [-0.4, -0.2) is 19.7 Å². The van der Waals surface area contributed by atoms with Gasteiger partial charge in [-0.2, -0.15) is 5.26 Å². The zero-order valence-electron chi connectivity index (χ0n) is 17.8. The third-order valence-electron chi connectivity index (χ3n) is 5.13. The molecule has 2 aromatic carbocycles. The summed E-state index contributed by atoms with van der Waals surface area (Å²) >= 11 is 2.92. The Hall–Kier alpha value is -3.22. The SMILES string of the molecule is CCc1cccc(CC)c1Nc1nnc(SCc2nc3ccccc3c(=O)n2CC#N)s1. The van der Waals surface area contributed by atoms with Crippen LogP contribution in [0.15, 0.2) is 51.6 Å². The molecule has 1 N–H and O–H groups in total. The van der Waals surface area contributed by atoms with E-state index in [1.807, 2.05) is 12.1 Å². The Morgan fingerprint density at radius 1 is 1.09 bits per heavy atom. The molecule has 0 bridgehead atoms. The van der Waals surface area contributed by atoms with Crippen molar-refractivity contribution < 1.29 is 0 Å². The lowest BCUT2D eigenvalue weighted by Gasteiger charge is -2.13. The van der Waals surface area contributed by atoms with Gasteiger partial charge in [0, 0.05) is 5.69 Å². The molecule has 2 heterocycles. The molecule has 4 aromatic rings. The molecular weight excluding hydrogens is 440 g/mol. The summed E-state index contributed by atoms with van der Waals surface area (Å²) in [6.45, 7) is 4.24. The Morgan fingerprint density at radius 2 is 1.84 bits per heavy atom. The molecule has 0 saturated carbocycles. The van der Waals surface area contributed by atoms with Crippen LogP contribution < -0.4 is 10.9 Å². The van der Waals surface area contributed by atoms with Gasteiger partial charge in [0.15, 0.2) is 4.34 Å². The van der Waals surface area contributed by atoms with Crippen LogP contribution in [0.1, 0.15) is 30.8 Å². The van der Waals surface area contributed by atoms with E-state index >= 15 is 0 Å². The normalized spacial score (nSPS) is 10.9. The van der Waals surface area contributed by atoms with Gasteiger partial charge in [0.2, 0.25) is 5.13 Å². The van der Waals surface area contributed by atoms with Crippen molar-refractivity contribution in [2.24, 2.45) is 0 Å².